The Balaban J connectivity index is 1.31. The summed E-state index contributed by atoms with van der Waals surface area (Å²) in [6, 6.07) is 3.55. The molecule has 3 aromatic heterocycles. The first kappa shape index (κ1) is 21.1. The van der Waals surface area contributed by atoms with Crippen molar-refractivity contribution >= 4 is 23.5 Å². The number of alkyl halides is 1. The number of ether oxygens (including phenoxy) is 2. The average molecular weight is 454 g/mol. The van der Waals surface area contributed by atoms with Crippen molar-refractivity contribution in [1.29, 1.82) is 5.26 Å². The molecule has 172 valence electrons. The summed E-state index contributed by atoms with van der Waals surface area (Å²) < 4.78 is 27.3. The molecule has 1 amide bonds. The highest BCUT2D eigenvalue weighted by atomic mass is 19.1. The summed E-state index contributed by atoms with van der Waals surface area (Å²) in [5.41, 5.74) is 2.39. The predicted octanol–water partition coefficient (Wildman–Crippen LogP) is 2.86. The van der Waals surface area contributed by atoms with E-state index in [1.807, 2.05) is 0 Å². The number of carbonyl (C=O) groups is 1. The lowest BCUT2D eigenvalue weighted by molar-refractivity contribution is 0.0615. The van der Waals surface area contributed by atoms with Gasteiger partial charge in [0.2, 0.25) is 5.95 Å². The number of alkyl carbamates (subject to hydrolysis) is 1. The summed E-state index contributed by atoms with van der Waals surface area (Å²) in [5.74, 6) is 1.24. The smallest absolute Gasteiger partial charge is 0.407 e. The van der Waals surface area contributed by atoms with Gasteiger partial charge in [-0.15, -0.1) is 0 Å². The minimum Gasteiger partial charge on any atom is -0.441 e. The van der Waals surface area contributed by atoms with Crippen molar-refractivity contribution in [3.63, 3.8) is 0 Å². The summed E-state index contributed by atoms with van der Waals surface area (Å²) >= 11 is 0. The molecule has 0 unspecified atom stereocenters. The number of anilines is 2. The number of H-pyrrole nitrogens is 1. The van der Waals surface area contributed by atoms with Gasteiger partial charge in [-0.2, -0.15) is 10.4 Å². The molecule has 0 aromatic carbocycles. The Bertz CT molecular complexity index is 1230. The van der Waals surface area contributed by atoms with Crippen LogP contribution in [0.25, 0.3) is 5.65 Å². The third kappa shape index (κ3) is 4.19. The van der Waals surface area contributed by atoms with Gasteiger partial charge in [-0.3, -0.25) is 9.50 Å². The van der Waals surface area contributed by atoms with Crippen LogP contribution in [0.5, 0.6) is 0 Å². The van der Waals surface area contributed by atoms with Gasteiger partial charge in [-0.25, -0.2) is 19.2 Å². The monoisotopic (exact) mass is 454 g/mol. The standard InChI is InChI=1S/C21H23FN8O3/c1-10(2)25-21(31)33-15-9-32-18(17(15)22)14-5-16(29-28-14)27-20-24-7-13(11-3-4-11)19-26-12(6-23)8-30(19)20/h5,7-8,10-11,15,17-18H,3-4,9H2,1-2H3,(H,25,31)(H2,24,27,28,29)/t15-,17-,18-/m1/s1. The molecular weight excluding hydrogens is 431 g/mol. The number of carbonyl (C=O) groups excluding carboxylic acids is 1. The molecule has 3 atom stereocenters. The molecule has 2 aliphatic rings. The molecule has 0 spiro atoms. The molecule has 33 heavy (non-hydrogen) atoms. The summed E-state index contributed by atoms with van der Waals surface area (Å²) in [4.78, 5) is 20.7. The second kappa shape index (κ2) is 8.32. The maximum atomic E-state index is 14.9. The molecule has 12 heteroatoms. The zero-order valence-corrected chi connectivity index (χ0v) is 18.1. The Labute approximate surface area is 188 Å². The van der Waals surface area contributed by atoms with E-state index >= 15 is 0 Å². The minimum absolute atomic E-state index is 0.0596. The number of aromatic amines is 1. The lowest BCUT2D eigenvalue weighted by Gasteiger charge is -2.16. The van der Waals surface area contributed by atoms with Crippen LogP contribution in [0.1, 0.15) is 55.7 Å². The molecule has 1 aliphatic heterocycles. The van der Waals surface area contributed by atoms with E-state index in [0.29, 0.717) is 34.7 Å². The van der Waals surface area contributed by atoms with Gasteiger partial charge in [0.05, 0.1) is 18.5 Å². The van der Waals surface area contributed by atoms with Gasteiger partial charge in [0.15, 0.2) is 23.8 Å². The fraction of sp³-hybridized carbons (Fsp3) is 0.476. The van der Waals surface area contributed by atoms with Gasteiger partial charge in [0.1, 0.15) is 17.8 Å². The Hall–Kier alpha value is -3.72. The summed E-state index contributed by atoms with van der Waals surface area (Å²) in [6.07, 6.45) is 1.34. The van der Waals surface area contributed by atoms with E-state index < -0.39 is 24.5 Å². The first-order valence-corrected chi connectivity index (χ1v) is 10.8. The fourth-order valence-corrected chi connectivity index (χ4v) is 3.83. The van der Waals surface area contributed by atoms with Crippen LogP contribution < -0.4 is 10.6 Å². The number of fused-ring (bicyclic) bond motifs is 1. The number of hydrogen-bond acceptors (Lipinski definition) is 8. The van der Waals surface area contributed by atoms with Gasteiger partial charge in [-0.1, -0.05) is 0 Å². The maximum Gasteiger partial charge on any atom is 0.407 e. The lowest BCUT2D eigenvalue weighted by atomic mass is 10.1. The summed E-state index contributed by atoms with van der Waals surface area (Å²) in [6.45, 7) is 3.51. The Morgan fingerprint density at radius 2 is 2.27 bits per heavy atom. The van der Waals surface area contributed by atoms with E-state index in [9.17, 15) is 14.4 Å². The third-order valence-electron chi connectivity index (χ3n) is 5.54. The van der Waals surface area contributed by atoms with Crippen LogP contribution in [-0.4, -0.2) is 55.6 Å². The maximum absolute atomic E-state index is 14.9. The van der Waals surface area contributed by atoms with Crippen LogP contribution >= 0.6 is 0 Å². The van der Waals surface area contributed by atoms with Gasteiger partial charge in [0, 0.05) is 23.9 Å². The normalized spacial score (nSPS) is 22.5. The lowest BCUT2D eigenvalue weighted by Crippen LogP contribution is -2.36. The highest BCUT2D eigenvalue weighted by Gasteiger charge is 2.42. The molecule has 11 nitrogen and oxygen atoms in total. The van der Waals surface area contributed by atoms with E-state index in [1.54, 1.807) is 36.7 Å². The zero-order valence-electron chi connectivity index (χ0n) is 18.1. The number of hydrogen-bond donors (Lipinski definition) is 3. The predicted molar refractivity (Wildman–Crippen MR) is 114 cm³/mol. The summed E-state index contributed by atoms with van der Waals surface area (Å²) in [5, 5.41) is 21.9. The summed E-state index contributed by atoms with van der Waals surface area (Å²) in [7, 11) is 0. The molecule has 2 fully saturated rings. The number of rotatable bonds is 6. The number of halogens is 1. The molecule has 3 N–H and O–H groups in total. The van der Waals surface area contributed by atoms with Gasteiger partial charge in [0.25, 0.3) is 0 Å². The number of amides is 1. The minimum atomic E-state index is -1.55. The van der Waals surface area contributed by atoms with Gasteiger partial charge in [-0.05, 0) is 32.6 Å². The Morgan fingerprint density at radius 1 is 1.45 bits per heavy atom. The molecule has 4 heterocycles. The highest BCUT2D eigenvalue weighted by molar-refractivity contribution is 5.67. The van der Waals surface area contributed by atoms with Crippen molar-refractivity contribution < 1.29 is 18.7 Å². The second-order valence-corrected chi connectivity index (χ2v) is 8.52. The van der Waals surface area contributed by atoms with Crippen LogP contribution in [0.4, 0.5) is 21.0 Å². The van der Waals surface area contributed by atoms with Crippen LogP contribution in [0.3, 0.4) is 0 Å². The van der Waals surface area contributed by atoms with Crippen molar-refractivity contribution in [1.82, 2.24) is 29.9 Å². The van der Waals surface area contributed by atoms with E-state index in [0.717, 1.165) is 18.4 Å². The largest absolute Gasteiger partial charge is 0.441 e. The first-order chi connectivity index (χ1) is 15.9. The number of nitrogens with one attached hydrogen (secondary N) is 3. The van der Waals surface area contributed by atoms with Crippen molar-refractivity contribution in [2.75, 3.05) is 11.9 Å². The molecule has 1 aliphatic carbocycles. The molecule has 0 bridgehead atoms. The van der Waals surface area contributed by atoms with Crippen molar-refractivity contribution in [2.45, 2.75) is 57.0 Å². The van der Waals surface area contributed by atoms with Crippen LogP contribution in [0, 0.1) is 11.3 Å². The molecular formula is C21H23FN8O3. The Morgan fingerprint density at radius 3 is 3.00 bits per heavy atom. The molecule has 1 saturated heterocycles. The van der Waals surface area contributed by atoms with Crippen LogP contribution in [-0.2, 0) is 9.47 Å². The average Bonchev–Trinajstić information content (AvgIpc) is 3.18. The SMILES string of the molecule is CC(C)NC(=O)O[C@@H]1CO[C@H](c2cc(Nc3ncc(C4CC4)c4nc(C#N)cn34)n[nH]2)[C@@H]1F. The van der Waals surface area contributed by atoms with Crippen LogP contribution in [0.15, 0.2) is 18.5 Å². The number of nitriles is 1. The number of nitrogens with zero attached hydrogens (tertiary/aromatic N) is 5. The fourth-order valence-electron chi connectivity index (χ4n) is 3.83. The number of imidazole rings is 1. The van der Waals surface area contributed by atoms with E-state index in [1.165, 1.54) is 0 Å². The first-order valence-electron chi connectivity index (χ1n) is 10.8. The molecule has 5 rings (SSSR count). The quantitative estimate of drug-likeness (QED) is 0.516. The Kier molecular flexibility index (Phi) is 5.33. The third-order valence-corrected chi connectivity index (χ3v) is 5.54. The topological polar surface area (TPSA) is 142 Å². The van der Waals surface area contributed by atoms with Crippen molar-refractivity contribution in [3.05, 3.63) is 35.4 Å². The zero-order chi connectivity index (χ0) is 23.1. The second-order valence-electron chi connectivity index (χ2n) is 8.52. The van der Waals surface area contributed by atoms with Gasteiger partial charge < -0.3 is 20.1 Å². The molecule has 0 radical (unpaired) electrons. The highest BCUT2D eigenvalue weighted by Crippen LogP contribution is 2.42. The molecule has 1 saturated carbocycles. The van der Waals surface area contributed by atoms with Crippen molar-refractivity contribution in [3.8, 4) is 6.07 Å². The van der Waals surface area contributed by atoms with E-state index in [4.69, 9.17) is 9.47 Å². The van der Waals surface area contributed by atoms with E-state index in [2.05, 4.69) is 36.9 Å². The van der Waals surface area contributed by atoms with Crippen LogP contribution in [0.2, 0.25) is 0 Å². The number of aromatic nitrogens is 5. The van der Waals surface area contributed by atoms with E-state index in [-0.39, 0.29) is 12.6 Å². The molecule has 3 aromatic rings. The van der Waals surface area contributed by atoms with Gasteiger partial charge >= 0.3 is 6.09 Å². The van der Waals surface area contributed by atoms with Crippen molar-refractivity contribution in [2.24, 2.45) is 0 Å².